The van der Waals surface area contributed by atoms with Gasteiger partial charge in [-0.1, -0.05) is 34.0 Å². The van der Waals surface area contributed by atoms with Crippen LogP contribution in [0.2, 0.25) is 0 Å². The smallest absolute Gasteiger partial charge is 0.316 e. The van der Waals surface area contributed by atoms with Crippen molar-refractivity contribution in [3.63, 3.8) is 0 Å². The third kappa shape index (κ3) is 4.56. The summed E-state index contributed by atoms with van der Waals surface area (Å²) >= 11 is 3.03. The van der Waals surface area contributed by atoms with Crippen molar-refractivity contribution in [3.8, 4) is 12.3 Å². The van der Waals surface area contributed by atoms with Crippen LogP contribution in [0.5, 0.6) is 0 Å². The SMILES string of the molecule is C#C[C@@]1(C[C@H](C=C)OC)C(=O)[C@H](COC(=O)CBr)CCN1CC=C. The van der Waals surface area contributed by atoms with E-state index in [2.05, 4.69) is 35.0 Å². The topological polar surface area (TPSA) is 55.8 Å². The number of alkyl halides is 1. The Balaban J connectivity index is 3.07. The molecule has 0 spiro atoms. The molecule has 0 bridgehead atoms. The number of rotatable bonds is 9. The summed E-state index contributed by atoms with van der Waals surface area (Å²) in [4.78, 5) is 26.4. The second-order valence-corrected chi connectivity index (χ2v) is 6.18. The Morgan fingerprint density at radius 2 is 2.33 bits per heavy atom. The van der Waals surface area contributed by atoms with E-state index in [1.807, 2.05) is 4.90 Å². The summed E-state index contributed by atoms with van der Waals surface area (Å²) in [6.45, 7) is 8.63. The normalized spacial score (nSPS) is 25.5. The van der Waals surface area contributed by atoms with Crippen molar-refractivity contribution in [1.82, 2.24) is 4.90 Å². The Morgan fingerprint density at radius 1 is 1.62 bits per heavy atom. The third-order valence-electron chi connectivity index (χ3n) is 4.27. The van der Waals surface area contributed by atoms with Gasteiger partial charge >= 0.3 is 5.97 Å². The minimum absolute atomic E-state index is 0.0420. The average Bonchev–Trinajstić information content (AvgIpc) is 2.61. The summed E-state index contributed by atoms with van der Waals surface area (Å²) in [5, 5.41) is 0.0962. The molecular formula is C18H24BrNO4. The van der Waals surface area contributed by atoms with Crippen molar-refractivity contribution in [3.05, 3.63) is 25.3 Å². The molecule has 0 aromatic rings. The van der Waals surface area contributed by atoms with Crippen molar-refractivity contribution < 1.29 is 19.1 Å². The molecule has 1 fully saturated rings. The van der Waals surface area contributed by atoms with Gasteiger partial charge in [0.25, 0.3) is 0 Å². The molecule has 0 N–H and O–H groups in total. The molecule has 1 aliphatic heterocycles. The quantitative estimate of drug-likeness (QED) is 0.257. The van der Waals surface area contributed by atoms with Gasteiger partial charge in [0, 0.05) is 26.6 Å². The number of methoxy groups -OCH3 is 1. The first-order chi connectivity index (χ1) is 11.5. The molecule has 0 aromatic heterocycles. The molecule has 1 rings (SSSR count). The molecule has 0 radical (unpaired) electrons. The van der Waals surface area contributed by atoms with Crippen molar-refractivity contribution in [2.75, 3.05) is 32.1 Å². The highest BCUT2D eigenvalue weighted by Crippen LogP contribution is 2.33. The fourth-order valence-corrected chi connectivity index (χ4v) is 3.09. The number of ether oxygens (including phenoxy) is 2. The van der Waals surface area contributed by atoms with Gasteiger partial charge < -0.3 is 9.47 Å². The zero-order valence-corrected chi connectivity index (χ0v) is 15.6. The predicted octanol–water partition coefficient (Wildman–Crippen LogP) is 1.96. The molecule has 6 heteroatoms. The van der Waals surface area contributed by atoms with Gasteiger partial charge in [-0.25, -0.2) is 0 Å². The van der Waals surface area contributed by atoms with Gasteiger partial charge in [0.1, 0.15) is 17.5 Å². The van der Waals surface area contributed by atoms with Gasteiger partial charge in [-0.3, -0.25) is 14.5 Å². The highest BCUT2D eigenvalue weighted by atomic mass is 79.9. The summed E-state index contributed by atoms with van der Waals surface area (Å²) < 4.78 is 10.5. The van der Waals surface area contributed by atoms with Crippen molar-refractivity contribution in [2.45, 2.75) is 24.5 Å². The fraction of sp³-hybridized carbons (Fsp3) is 0.556. The number of halogens is 1. The van der Waals surface area contributed by atoms with E-state index < -0.39 is 17.4 Å². The summed E-state index contributed by atoms with van der Waals surface area (Å²) in [5.74, 6) is 1.74. The van der Waals surface area contributed by atoms with Crippen LogP contribution in [0.4, 0.5) is 0 Å². The van der Waals surface area contributed by atoms with E-state index >= 15 is 0 Å². The number of nitrogens with zero attached hydrogens (tertiary/aromatic N) is 1. The summed E-state index contributed by atoms with van der Waals surface area (Å²) in [6, 6.07) is 0. The van der Waals surface area contributed by atoms with Gasteiger partial charge in [-0.05, 0) is 6.42 Å². The van der Waals surface area contributed by atoms with Gasteiger partial charge in [-0.15, -0.1) is 19.6 Å². The Kier molecular flexibility index (Phi) is 8.40. The van der Waals surface area contributed by atoms with Crippen LogP contribution in [-0.4, -0.2) is 60.4 Å². The first-order valence-corrected chi connectivity index (χ1v) is 8.86. The first kappa shape index (κ1) is 20.6. The van der Waals surface area contributed by atoms with Crippen molar-refractivity contribution in [2.24, 2.45) is 5.92 Å². The van der Waals surface area contributed by atoms with Crippen LogP contribution in [0.1, 0.15) is 12.8 Å². The molecule has 0 saturated carbocycles. The third-order valence-corrected chi connectivity index (χ3v) is 4.73. The van der Waals surface area contributed by atoms with E-state index in [4.69, 9.17) is 15.9 Å². The molecule has 0 amide bonds. The minimum atomic E-state index is -1.12. The number of terminal acetylenes is 1. The Labute approximate surface area is 152 Å². The summed E-state index contributed by atoms with van der Waals surface area (Å²) in [5.41, 5.74) is -1.12. The number of likely N-dealkylation sites (tertiary alicyclic amines) is 1. The zero-order valence-electron chi connectivity index (χ0n) is 14.0. The monoisotopic (exact) mass is 397 g/mol. The lowest BCUT2D eigenvalue weighted by molar-refractivity contribution is -0.148. The maximum atomic E-state index is 13.1. The molecule has 5 nitrogen and oxygen atoms in total. The maximum absolute atomic E-state index is 13.1. The highest BCUT2D eigenvalue weighted by Gasteiger charge is 2.49. The van der Waals surface area contributed by atoms with Crippen LogP contribution in [0.25, 0.3) is 0 Å². The number of hydrogen-bond donors (Lipinski definition) is 0. The van der Waals surface area contributed by atoms with Crippen LogP contribution in [0.3, 0.4) is 0 Å². The summed E-state index contributed by atoms with van der Waals surface area (Å²) in [7, 11) is 1.55. The van der Waals surface area contributed by atoms with E-state index in [9.17, 15) is 9.59 Å². The van der Waals surface area contributed by atoms with E-state index in [-0.39, 0.29) is 23.8 Å². The van der Waals surface area contributed by atoms with Gasteiger partial charge in [0.05, 0.1) is 12.0 Å². The van der Waals surface area contributed by atoms with Crippen LogP contribution in [0.15, 0.2) is 25.3 Å². The molecule has 0 aliphatic carbocycles. The number of carbonyl (C=O) groups excluding carboxylic acids is 2. The van der Waals surface area contributed by atoms with E-state index in [0.717, 1.165) is 0 Å². The lowest BCUT2D eigenvalue weighted by atomic mass is 9.76. The molecule has 1 aliphatic rings. The lowest BCUT2D eigenvalue weighted by Crippen LogP contribution is -2.61. The van der Waals surface area contributed by atoms with E-state index in [1.54, 1.807) is 19.3 Å². The van der Waals surface area contributed by atoms with Gasteiger partial charge in [0.2, 0.25) is 0 Å². The van der Waals surface area contributed by atoms with Crippen LogP contribution in [0, 0.1) is 18.3 Å². The lowest BCUT2D eigenvalue weighted by Gasteiger charge is -2.45. The second kappa shape index (κ2) is 9.77. The second-order valence-electron chi connectivity index (χ2n) is 5.62. The Hall–Kier alpha value is -1.42. The molecule has 132 valence electrons. The fourth-order valence-electron chi connectivity index (χ4n) is 2.93. The number of ketones is 1. The standard InChI is InChI=1S/C18H24BrNO4/c1-5-9-20-10-8-14(13-24-16(21)12-19)17(22)18(20,7-3)11-15(6-2)23-4/h3,5-6,14-15H,1-2,8-13H2,4H3/t14-,15-,18+/m0/s1. The Morgan fingerprint density at radius 3 is 2.83 bits per heavy atom. The Bertz CT molecular complexity index is 528. The molecule has 0 unspecified atom stereocenters. The van der Waals surface area contributed by atoms with E-state index in [1.165, 1.54) is 0 Å². The molecular weight excluding hydrogens is 374 g/mol. The van der Waals surface area contributed by atoms with Crippen molar-refractivity contribution >= 4 is 27.7 Å². The highest BCUT2D eigenvalue weighted by molar-refractivity contribution is 9.09. The molecule has 24 heavy (non-hydrogen) atoms. The van der Waals surface area contributed by atoms with Gasteiger partial charge in [0.15, 0.2) is 5.78 Å². The van der Waals surface area contributed by atoms with E-state index in [0.29, 0.717) is 25.9 Å². The van der Waals surface area contributed by atoms with Crippen LogP contribution >= 0.6 is 15.9 Å². The minimum Gasteiger partial charge on any atom is -0.464 e. The molecule has 0 aromatic carbocycles. The number of hydrogen-bond acceptors (Lipinski definition) is 5. The maximum Gasteiger partial charge on any atom is 0.316 e. The number of Topliss-reactive ketones (excluding diaryl/α,β-unsaturated/α-hetero) is 1. The number of carbonyl (C=O) groups is 2. The molecule has 1 heterocycles. The number of piperidine rings is 1. The summed E-state index contributed by atoms with van der Waals surface area (Å²) in [6.07, 6.45) is 9.69. The first-order valence-electron chi connectivity index (χ1n) is 7.74. The predicted molar refractivity (Wildman–Crippen MR) is 96.8 cm³/mol. The zero-order chi connectivity index (χ0) is 18.2. The van der Waals surface area contributed by atoms with Gasteiger partial charge in [-0.2, -0.15) is 0 Å². The average molecular weight is 398 g/mol. The van der Waals surface area contributed by atoms with Crippen molar-refractivity contribution in [1.29, 1.82) is 0 Å². The molecule has 3 atom stereocenters. The number of esters is 1. The van der Waals surface area contributed by atoms with Crippen LogP contribution in [-0.2, 0) is 19.1 Å². The molecule has 1 saturated heterocycles. The van der Waals surface area contributed by atoms with Crippen LogP contribution < -0.4 is 0 Å². The largest absolute Gasteiger partial charge is 0.464 e.